The number of hydrogen-bond donors (Lipinski definition) is 2. The lowest BCUT2D eigenvalue weighted by Gasteiger charge is -2.46. The van der Waals surface area contributed by atoms with E-state index in [-0.39, 0.29) is 17.2 Å². The number of nitrogens with one attached hydrogen (secondary N) is 1. The average Bonchev–Trinajstić information content (AvgIpc) is 2.54. The minimum atomic E-state index is -3.66. The molecule has 0 saturated heterocycles. The highest BCUT2D eigenvalue weighted by Crippen LogP contribution is 2.44. The first-order valence-corrected chi connectivity index (χ1v) is 9.86. The summed E-state index contributed by atoms with van der Waals surface area (Å²) in [5.41, 5.74) is 3.14. The number of nitrogens with zero attached hydrogens (tertiary/aromatic N) is 1. The Bertz CT molecular complexity index is 911. The maximum atomic E-state index is 11.5. The fourth-order valence-electron chi connectivity index (χ4n) is 3.57. The van der Waals surface area contributed by atoms with Crippen LogP contribution in [0.1, 0.15) is 36.5 Å². The SMILES string of the molecule is CC1(c2ccccc2)CC(Nc2ccc(C#N)cc2CS(N)(=O)=O)C1. The van der Waals surface area contributed by atoms with Gasteiger partial charge in [0.05, 0.1) is 17.4 Å². The Labute approximate surface area is 148 Å². The third-order valence-electron chi connectivity index (χ3n) is 4.82. The second-order valence-corrected chi connectivity index (χ2v) is 8.58. The van der Waals surface area contributed by atoms with Gasteiger partial charge in [0.1, 0.15) is 0 Å². The third-order valence-corrected chi connectivity index (χ3v) is 5.53. The van der Waals surface area contributed by atoms with Gasteiger partial charge in [-0.2, -0.15) is 5.26 Å². The number of primary sulfonamides is 1. The predicted octanol–water partition coefficient (Wildman–Crippen LogP) is 2.88. The third kappa shape index (κ3) is 4.01. The maximum Gasteiger partial charge on any atom is 0.213 e. The summed E-state index contributed by atoms with van der Waals surface area (Å²) in [6.07, 6.45) is 1.93. The first-order valence-electron chi connectivity index (χ1n) is 8.15. The molecule has 5 nitrogen and oxygen atoms in total. The van der Waals surface area contributed by atoms with Crippen LogP contribution >= 0.6 is 0 Å². The van der Waals surface area contributed by atoms with Gasteiger partial charge in [0.15, 0.2) is 0 Å². The van der Waals surface area contributed by atoms with Gasteiger partial charge in [-0.15, -0.1) is 0 Å². The molecule has 0 aromatic heterocycles. The highest BCUT2D eigenvalue weighted by molar-refractivity contribution is 7.88. The summed E-state index contributed by atoms with van der Waals surface area (Å²) in [4.78, 5) is 0. The van der Waals surface area contributed by atoms with Crippen molar-refractivity contribution in [3.8, 4) is 6.07 Å². The van der Waals surface area contributed by atoms with Crippen LogP contribution < -0.4 is 10.5 Å². The first-order chi connectivity index (χ1) is 11.8. The Morgan fingerprint density at radius 3 is 2.52 bits per heavy atom. The molecule has 25 heavy (non-hydrogen) atoms. The summed E-state index contributed by atoms with van der Waals surface area (Å²) in [6, 6.07) is 17.7. The van der Waals surface area contributed by atoms with E-state index >= 15 is 0 Å². The van der Waals surface area contributed by atoms with E-state index in [2.05, 4.69) is 24.4 Å². The minimum absolute atomic E-state index is 0.131. The van der Waals surface area contributed by atoms with Crippen LogP contribution in [0.2, 0.25) is 0 Å². The Hall–Kier alpha value is -2.36. The second kappa shape index (κ2) is 6.51. The van der Waals surface area contributed by atoms with Crippen molar-refractivity contribution in [2.24, 2.45) is 5.14 Å². The highest BCUT2D eigenvalue weighted by atomic mass is 32.2. The molecule has 1 saturated carbocycles. The first kappa shape index (κ1) is 17.5. The zero-order valence-electron chi connectivity index (χ0n) is 14.1. The molecular formula is C19H21N3O2S. The lowest BCUT2D eigenvalue weighted by atomic mass is 9.63. The molecule has 3 N–H and O–H groups in total. The lowest BCUT2D eigenvalue weighted by Crippen LogP contribution is -2.46. The molecular weight excluding hydrogens is 334 g/mol. The largest absolute Gasteiger partial charge is 0.382 e. The van der Waals surface area contributed by atoms with Crippen LogP contribution in [0.4, 0.5) is 5.69 Å². The van der Waals surface area contributed by atoms with Crippen LogP contribution in [-0.4, -0.2) is 14.5 Å². The monoisotopic (exact) mass is 355 g/mol. The maximum absolute atomic E-state index is 11.5. The number of anilines is 1. The average molecular weight is 355 g/mol. The molecule has 1 aliphatic carbocycles. The molecule has 0 unspecified atom stereocenters. The van der Waals surface area contributed by atoms with Crippen molar-refractivity contribution in [2.45, 2.75) is 37.0 Å². The van der Waals surface area contributed by atoms with Gasteiger partial charge in [0.2, 0.25) is 10.0 Å². The van der Waals surface area contributed by atoms with Gasteiger partial charge in [-0.25, -0.2) is 13.6 Å². The predicted molar refractivity (Wildman–Crippen MR) is 98.4 cm³/mol. The van der Waals surface area contributed by atoms with Crippen molar-refractivity contribution in [1.29, 1.82) is 5.26 Å². The molecule has 0 atom stereocenters. The van der Waals surface area contributed by atoms with E-state index in [0.717, 1.165) is 18.5 Å². The van der Waals surface area contributed by atoms with E-state index in [9.17, 15) is 8.42 Å². The fourth-order valence-corrected chi connectivity index (χ4v) is 4.24. The molecule has 1 fully saturated rings. The quantitative estimate of drug-likeness (QED) is 0.862. The van der Waals surface area contributed by atoms with E-state index in [1.54, 1.807) is 18.2 Å². The molecule has 0 radical (unpaired) electrons. The molecule has 0 heterocycles. The number of rotatable bonds is 5. The molecule has 0 amide bonds. The Kier molecular flexibility index (Phi) is 4.55. The van der Waals surface area contributed by atoms with Crippen molar-refractivity contribution < 1.29 is 8.42 Å². The number of sulfonamides is 1. The molecule has 1 aliphatic rings. The van der Waals surface area contributed by atoms with Crippen LogP contribution in [-0.2, 0) is 21.2 Å². The minimum Gasteiger partial charge on any atom is -0.382 e. The van der Waals surface area contributed by atoms with Crippen LogP contribution in [0.15, 0.2) is 48.5 Å². The van der Waals surface area contributed by atoms with Crippen LogP contribution in [0.3, 0.4) is 0 Å². The van der Waals surface area contributed by atoms with Crippen molar-refractivity contribution >= 4 is 15.7 Å². The molecule has 2 aromatic carbocycles. The standard InChI is InChI=1S/C19H21N3O2S/c1-19(16-5-3-2-4-6-16)10-17(11-19)22-18-8-7-14(12-20)9-15(18)13-25(21,23)24/h2-9,17,22H,10-11,13H2,1H3,(H2,21,23,24). The Morgan fingerprint density at radius 2 is 1.92 bits per heavy atom. The van der Waals surface area contributed by atoms with Gasteiger partial charge >= 0.3 is 0 Å². The Balaban J connectivity index is 1.75. The van der Waals surface area contributed by atoms with Crippen molar-refractivity contribution in [2.75, 3.05) is 5.32 Å². The summed E-state index contributed by atoms with van der Waals surface area (Å²) < 4.78 is 23.0. The van der Waals surface area contributed by atoms with Crippen LogP contribution in [0, 0.1) is 11.3 Å². The lowest BCUT2D eigenvalue weighted by molar-refractivity contribution is 0.242. The molecule has 0 aliphatic heterocycles. The number of nitrogens with two attached hydrogens (primary N) is 1. The summed E-state index contributed by atoms with van der Waals surface area (Å²) in [5, 5.41) is 17.6. The second-order valence-electron chi connectivity index (χ2n) is 6.97. The fraction of sp³-hybridized carbons (Fsp3) is 0.316. The number of hydrogen-bond acceptors (Lipinski definition) is 4. The Morgan fingerprint density at radius 1 is 1.24 bits per heavy atom. The van der Waals surface area contributed by atoms with Gasteiger partial charge in [-0.3, -0.25) is 0 Å². The van der Waals surface area contributed by atoms with Gasteiger partial charge in [0, 0.05) is 11.7 Å². The molecule has 130 valence electrons. The van der Waals surface area contributed by atoms with Gasteiger partial charge in [-0.05, 0) is 47.6 Å². The summed E-state index contributed by atoms with van der Waals surface area (Å²) in [6.45, 7) is 2.24. The number of benzene rings is 2. The zero-order valence-corrected chi connectivity index (χ0v) is 14.9. The highest BCUT2D eigenvalue weighted by Gasteiger charge is 2.41. The molecule has 0 bridgehead atoms. The van der Waals surface area contributed by atoms with E-state index in [4.69, 9.17) is 10.4 Å². The van der Waals surface area contributed by atoms with E-state index < -0.39 is 10.0 Å². The van der Waals surface area contributed by atoms with Gasteiger partial charge in [-0.1, -0.05) is 37.3 Å². The molecule has 6 heteroatoms. The molecule has 0 spiro atoms. The van der Waals surface area contributed by atoms with Crippen LogP contribution in [0.5, 0.6) is 0 Å². The van der Waals surface area contributed by atoms with Gasteiger partial charge < -0.3 is 5.32 Å². The summed E-state index contributed by atoms with van der Waals surface area (Å²) in [7, 11) is -3.66. The molecule has 2 aromatic rings. The van der Waals surface area contributed by atoms with Crippen molar-refractivity contribution in [1.82, 2.24) is 0 Å². The van der Waals surface area contributed by atoms with E-state index in [1.165, 1.54) is 5.56 Å². The smallest absolute Gasteiger partial charge is 0.213 e. The summed E-state index contributed by atoms with van der Waals surface area (Å²) >= 11 is 0. The topological polar surface area (TPSA) is 96.0 Å². The number of nitriles is 1. The van der Waals surface area contributed by atoms with Crippen molar-refractivity contribution in [3.05, 3.63) is 65.2 Å². The molecule has 3 rings (SSSR count). The zero-order chi connectivity index (χ0) is 18.1. The van der Waals surface area contributed by atoms with Gasteiger partial charge in [0.25, 0.3) is 0 Å². The summed E-state index contributed by atoms with van der Waals surface area (Å²) in [5.74, 6) is -0.284. The van der Waals surface area contributed by atoms with E-state index in [0.29, 0.717) is 11.1 Å². The van der Waals surface area contributed by atoms with Crippen molar-refractivity contribution in [3.63, 3.8) is 0 Å². The normalized spacial score (nSPS) is 22.7. The van der Waals surface area contributed by atoms with Crippen LogP contribution in [0.25, 0.3) is 0 Å². The van der Waals surface area contributed by atoms with E-state index in [1.807, 2.05) is 24.3 Å².